The van der Waals surface area contributed by atoms with Crippen molar-refractivity contribution in [1.29, 1.82) is 0 Å². The van der Waals surface area contributed by atoms with E-state index >= 15 is 0 Å². The summed E-state index contributed by atoms with van der Waals surface area (Å²) in [5, 5.41) is 2.46. The van der Waals surface area contributed by atoms with Crippen molar-refractivity contribution >= 4 is 27.3 Å². The first-order valence-corrected chi connectivity index (χ1v) is 8.47. The Morgan fingerprint density at radius 3 is 2.76 bits per heavy atom. The fourth-order valence-corrected chi connectivity index (χ4v) is 4.07. The van der Waals surface area contributed by atoms with E-state index in [0.29, 0.717) is 18.7 Å². The number of hydrogen-bond acceptors (Lipinski definition) is 5. The van der Waals surface area contributed by atoms with Crippen LogP contribution in [0.2, 0.25) is 0 Å². The van der Waals surface area contributed by atoms with Gasteiger partial charge >= 0.3 is 11.8 Å². The van der Waals surface area contributed by atoms with Crippen molar-refractivity contribution < 1.29 is 18.0 Å². The van der Waals surface area contributed by atoms with Crippen LogP contribution >= 0.6 is 0 Å². The van der Waals surface area contributed by atoms with Gasteiger partial charge in [0, 0.05) is 18.8 Å². The number of aromatic nitrogens is 1. The lowest BCUT2D eigenvalue weighted by Gasteiger charge is -2.26. The van der Waals surface area contributed by atoms with Gasteiger partial charge in [0.05, 0.1) is 23.4 Å². The second-order valence-electron chi connectivity index (χ2n) is 4.84. The molecule has 1 atom stereocenters. The van der Waals surface area contributed by atoms with Crippen LogP contribution in [0.3, 0.4) is 0 Å². The summed E-state index contributed by atoms with van der Waals surface area (Å²) in [6.07, 6.45) is 3.36. The molecule has 114 valence electrons. The molecular weight excluding hydrogens is 294 g/mol. The average molecular weight is 311 g/mol. The second-order valence-corrected chi connectivity index (χ2v) is 7.07. The van der Waals surface area contributed by atoms with E-state index in [1.54, 1.807) is 25.3 Å². The lowest BCUT2D eigenvalue weighted by Crippen LogP contribution is -2.46. The molecule has 1 aromatic rings. The fourth-order valence-electron chi connectivity index (χ4n) is 2.34. The van der Waals surface area contributed by atoms with Crippen molar-refractivity contribution in [3.63, 3.8) is 0 Å². The van der Waals surface area contributed by atoms with Gasteiger partial charge < -0.3 is 10.2 Å². The van der Waals surface area contributed by atoms with Crippen molar-refractivity contribution in [1.82, 2.24) is 9.88 Å². The maximum absolute atomic E-state index is 12.2. The number of nitrogens with one attached hydrogen (secondary N) is 1. The van der Waals surface area contributed by atoms with Gasteiger partial charge in [-0.15, -0.1) is 0 Å². The van der Waals surface area contributed by atoms with Crippen LogP contribution in [0.15, 0.2) is 24.5 Å². The zero-order valence-corrected chi connectivity index (χ0v) is 12.5. The highest BCUT2D eigenvalue weighted by Gasteiger charge is 2.35. The van der Waals surface area contributed by atoms with Crippen LogP contribution in [0, 0.1) is 0 Å². The van der Waals surface area contributed by atoms with Gasteiger partial charge in [-0.3, -0.25) is 14.6 Å². The third kappa shape index (κ3) is 3.78. The molecule has 1 aromatic heterocycles. The summed E-state index contributed by atoms with van der Waals surface area (Å²) in [6, 6.07) is 2.84. The normalized spacial score (nSPS) is 20.0. The number of likely N-dealkylation sites (N-methyl/N-ethyl adjacent to an activating group) is 1. The molecule has 0 aromatic carbocycles. The van der Waals surface area contributed by atoms with E-state index in [9.17, 15) is 18.0 Å². The van der Waals surface area contributed by atoms with Gasteiger partial charge in [-0.2, -0.15) is 0 Å². The van der Waals surface area contributed by atoms with Gasteiger partial charge in [0.1, 0.15) is 0 Å². The van der Waals surface area contributed by atoms with Crippen LogP contribution in [0.25, 0.3) is 0 Å². The maximum atomic E-state index is 12.2. The molecule has 1 saturated heterocycles. The largest absolute Gasteiger partial charge is 0.331 e. The average Bonchev–Trinajstić information content (AvgIpc) is 2.80. The van der Waals surface area contributed by atoms with E-state index in [2.05, 4.69) is 10.3 Å². The number of anilines is 1. The molecule has 8 heteroatoms. The predicted octanol–water partition coefficient (Wildman–Crippen LogP) is 0.0557. The summed E-state index contributed by atoms with van der Waals surface area (Å²) < 4.78 is 23.0. The molecule has 0 radical (unpaired) electrons. The summed E-state index contributed by atoms with van der Waals surface area (Å²) >= 11 is 0. The Kier molecular flexibility index (Phi) is 4.56. The van der Waals surface area contributed by atoms with Crippen molar-refractivity contribution in [2.24, 2.45) is 0 Å². The van der Waals surface area contributed by atoms with Gasteiger partial charge in [0.2, 0.25) is 0 Å². The number of carbonyl (C=O) groups is 2. The second kappa shape index (κ2) is 6.21. The van der Waals surface area contributed by atoms with E-state index in [1.807, 2.05) is 0 Å². The molecule has 0 aliphatic carbocycles. The molecule has 2 amide bonds. The molecule has 1 aliphatic rings. The molecule has 2 heterocycles. The first-order chi connectivity index (χ1) is 9.93. The van der Waals surface area contributed by atoms with Gasteiger partial charge in [-0.05, 0) is 25.5 Å². The van der Waals surface area contributed by atoms with Crippen LogP contribution in [0.5, 0.6) is 0 Å². The number of sulfone groups is 1. The molecule has 1 unspecified atom stereocenters. The molecule has 0 bridgehead atoms. The minimum absolute atomic E-state index is 0.0612. The number of hydrogen-bond donors (Lipinski definition) is 1. The van der Waals surface area contributed by atoms with Crippen molar-refractivity contribution in [3.8, 4) is 0 Å². The van der Waals surface area contributed by atoms with E-state index in [1.165, 1.54) is 11.1 Å². The Labute approximate surface area is 123 Å². The first kappa shape index (κ1) is 15.4. The summed E-state index contributed by atoms with van der Waals surface area (Å²) in [4.78, 5) is 29.3. The van der Waals surface area contributed by atoms with Gasteiger partial charge in [0.25, 0.3) is 0 Å². The molecule has 1 fully saturated rings. The predicted molar refractivity (Wildman–Crippen MR) is 77.3 cm³/mol. The van der Waals surface area contributed by atoms with Crippen LogP contribution in [-0.2, 0) is 19.4 Å². The Balaban J connectivity index is 2.05. The Hall–Kier alpha value is -1.96. The summed E-state index contributed by atoms with van der Waals surface area (Å²) in [5.74, 6) is -1.52. The highest BCUT2D eigenvalue weighted by molar-refractivity contribution is 7.91. The Morgan fingerprint density at radius 1 is 1.48 bits per heavy atom. The highest BCUT2D eigenvalue weighted by Crippen LogP contribution is 2.18. The Bertz CT molecular complexity index is 630. The van der Waals surface area contributed by atoms with Gasteiger partial charge in [-0.25, -0.2) is 8.42 Å². The molecule has 0 spiro atoms. The Morgan fingerprint density at radius 2 is 2.24 bits per heavy atom. The summed E-state index contributed by atoms with van der Waals surface area (Å²) in [6.45, 7) is 2.01. The minimum atomic E-state index is -3.10. The SMILES string of the molecule is CCN(C(=O)C(=O)Nc1cccnc1)C1CCS(=O)(=O)C1. The molecule has 7 nitrogen and oxygen atoms in total. The molecule has 2 rings (SSSR count). The van der Waals surface area contributed by atoms with E-state index in [0.717, 1.165) is 0 Å². The highest BCUT2D eigenvalue weighted by atomic mass is 32.2. The van der Waals surface area contributed by atoms with E-state index in [4.69, 9.17) is 0 Å². The number of rotatable bonds is 3. The number of pyridine rings is 1. The topological polar surface area (TPSA) is 96.4 Å². The summed E-state index contributed by atoms with van der Waals surface area (Å²) in [7, 11) is -3.10. The number of carbonyl (C=O) groups excluding carboxylic acids is 2. The summed E-state index contributed by atoms with van der Waals surface area (Å²) in [5.41, 5.74) is 0.422. The van der Waals surface area contributed by atoms with Crippen LogP contribution < -0.4 is 5.32 Å². The van der Waals surface area contributed by atoms with Crippen molar-refractivity contribution in [3.05, 3.63) is 24.5 Å². The number of amides is 2. The molecular formula is C13H17N3O4S. The lowest BCUT2D eigenvalue weighted by atomic mass is 10.2. The standard InChI is InChI=1S/C13H17N3O4S/c1-2-16(11-5-7-21(19,20)9-11)13(18)12(17)15-10-4-3-6-14-8-10/h3-4,6,8,11H,2,5,7,9H2,1H3,(H,15,17). The smallest absolute Gasteiger partial charge is 0.313 e. The van der Waals surface area contributed by atoms with Crippen LogP contribution in [0.1, 0.15) is 13.3 Å². The zero-order chi connectivity index (χ0) is 15.5. The zero-order valence-electron chi connectivity index (χ0n) is 11.7. The quantitative estimate of drug-likeness (QED) is 0.796. The van der Waals surface area contributed by atoms with Crippen LogP contribution in [-0.4, -0.2) is 54.2 Å². The van der Waals surface area contributed by atoms with E-state index < -0.39 is 27.7 Å². The van der Waals surface area contributed by atoms with Crippen molar-refractivity contribution in [2.75, 3.05) is 23.4 Å². The third-order valence-corrected chi connectivity index (χ3v) is 5.11. The van der Waals surface area contributed by atoms with Gasteiger partial charge in [-0.1, -0.05) is 0 Å². The molecule has 0 saturated carbocycles. The van der Waals surface area contributed by atoms with Gasteiger partial charge in [0.15, 0.2) is 9.84 Å². The third-order valence-electron chi connectivity index (χ3n) is 3.36. The van der Waals surface area contributed by atoms with Crippen molar-refractivity contribution in [2.45, 2.75) is 19.4 Å². The van der Waals surface area contributed by atoms with E-state index in [-0.39, 0.29) is 11.5 Å². The maximum Gasteiger partial charge on any atom is 0.313 e. The fraction of sp³-hybridized carbons (Fsp3) is 0.462. The number of nitrogens with zero attached hydrogens (tertiary/aromatic N) is 2. The first-order valence-electron chi connectivity index (χ1n) is 6.65. The van der Waals surface area contributed by atoms with Crippen LogP contribution in [0.4, 0.5) is 5.69 Å². The lowest BCUT2D eigenvalue weighted by molar-refractivity contribution is -0.144. The molecule has 21 heavy (non-hydrogen) atoms. The monoisotopic (exact) mass is 311 g/mol. The molecule has 1 aliphatic heterocycles. The minimum Gasteiger partial charge on any atom is -0.331 e. The molecule has 1 N–H and O–H groups in total.